The average molecular weight is 436 g/mol. The summed E-state index contributed by atoms with van der Waals surface area (Å²) in [5.41, 5.74) is 0. The fourth-order valence-electron chi connectivity index (χ4n) is 2.17. The summed E-state index contributed by atoms with van der Waals surface area (Å²) in [7, 11) is 0. The Hall–Kier alpha value is -2.09. The second kappa shape index (κ2) is 23.2. The van der Waals surface area contributed by atoms with Crippen LogP contribution in [0.15, 0.2) is 13.6 Å². The number of nitrogens with zero attached hydrogens (tertiary/aromatic N) is 1. The van der Waals surface area contributed by atoms with E-state index in [1.807, 2.05) is 27.7 Å². The molecular formula is C22H45NO7. The molecule has 0 bridgehead atoms. The lowest BCUT2D eigenvalue weighted by Crippen LogP contribution is -2.32. The zero-order valence-corrected chi connectivity index (χ0v) is 18.5. The summed E-state index contributed by atoms with van der Waals surface area (Å²) in [6.07, 6.45) is 3.93. The molecule has 2 heterocycles. The van der Waals surface area contributed by atoms with E-state index in [1.165, 1.54) is 46.2 Å². The summed E-state index contributed by atoms with van der Waals surface area (Å²) in [6, 6.07) is 0. The quantitative estimate of drug-likeness (QED) is 0.598. The second-order valence-corrected chi connectivity index (χ2v) is 5.46. The predicted molar refractivity (Wildman–Crippen MR) is 121 cm³/mol. The lowest BCUT2D eigenvalue weighted by Gasteiger charge is -2.25. The van der Waals surface area contributed by atoms with Crippen LogP contribution in [0.3, 0.4) is 0 Å². The van der Waals surface area contributed by atoms with Gasteiger partial charge in [-0.1, -0.05) is 49.0 Å². The van der Waals surface area contributed by atoms with Crippen molar-refractivity contribution in [3.05, 3.63) is 22.1 Å². The van der Waals surface area contributed by atoms with Gasteiger partial charge in [-0.25, -0.2) is 4.79 Å². The summed E-state index contributed by atoms with van der Waals surface area (Å²) >= 11 is 0. The van der Waals surface area contributed by atoms with Crippen LogP contribution in [0.25, 0.3) is 0 Å². The van der Waals surface area contributed by atoms with E-state index in [-0.39, 0.29) is 33.2 Å². The fraction of sp³-hybridized carbons (Fsp3) is 0.773. The first kappa shape index (κ1) is 35.4. The molecule has 8 nitrogen and oxygen atoms in total. The van der Waals surface area contributed by atoms with Crippen LogP contribution < -0.4 is 5.82 Å². The van der Waals surface area contributed by atoms with Gasteiger partial charge in [0.15, 0.2) is 18.1 Å². The van der Waals surface area contributed by atoms with Crippen molar-refractivity contribution in [2.75, 3.05) is 26.2 Å². The molecule has 1 aromatic rings. The van der Waals surface area contributed by atoms with Crippen LogP contribution in [-0.2, 0) is 25.7 Å². The van der Waals surface area contributed by atoms with Crippen LogP contribution in [0, 0.1) is 6.92 Å². The molecule has 30 heavy (non-hydrogen) atoms. The molecule has 2 rings (SSSR count). The van der Waals surface area contributed by atoms with Crippen molar-refractivity contribution in [2.24, 2.45) is 0 Å². The lowest BCUT2D eigenvalue weighted by atomic mass is 10.1. The zero-order chi connectivity index (χ0) is 21.9. The normalized spacial score (nSPS) is 12.0. The standard InChI is InChI=1S/C9H17NO2.C7H8O5.2C2H6.2CH4/c1-9(11)12-8-7-10-5-3-2-4-6-10;1-4-6(3-10-5(2)8)12-7(9)11-4;2*1-2;;/h2-8H2,1H3;3H2,1-2H3;2*1-2H3;2*1H4. The zero-order valence-electron chi connectivity index (χ0n) is 18.5. The third kappa shape index (κ3) is 19.2. The Morgan fingerprint density at radius 1 is 0.900 bits per heavy atom. The van der Waals surface area contributed by atoms with Crippen LogP contribution >= 0.6 is 0 Å². The van der Waals surface area contributed by atoms with Gasteiger partial charge in [-0.15, -0.1) is 0 Å². The van der Waals surface area contributed by atoms with Crippen LogP contribution in [0.2, 0.25) is 0 Å². The third-order valence-corrected chi connectivity index (χ3v) is 3.40. The molecule has 0 aromatic carbocycles. The molecule has 1 aliphatic heterocycles. The number of ether oxygens (including phenoxy) is 2. The minimum absolute atomic E-state index is 0. The Morgan fingerprint density at radius 2 is 1.40 bits per heavy atom. The highest BCUT2D eigenvalue weighted by Gasteiger charge is 2.10. The number of esters is 2. The molecule has 0 atom stereocenters. The first-order chi connectivity index (χ1) is 13.4. The average Bonchev–Trinajstić information content (AvgIpc) is 3.01. The van der Waals surface area contributed by atoms with Crippen LogP contribution in [0.4, 0.5) is 0 Å². The van der Waals surface area contributed by atoms with Crippen molar-refractivity contribution < 1.29 is 27.9 Å². The summed E-state index contributed by atoms with van der Waals surface area (Å²) in [5, 5.41) is 0. The van der Waals surface area contributed by atoms with E-state index < -0.39 is 11.8 Å². The Balaban J connectivity index is -0.000000183. The Kier molecular flexibility index (Phi) is 27.3. The van der Waals surface area contributed by atoms with E-state index in [0.29, 0.717) is 12.4 Å². The summed E-state index contributed by atoms with van der Waals surface area (Å²) in [6.45, 7) is 16.0. The van der Waals surface area contributed by atoms with Crippen molar-refractivity contribution in [2.45, 2.75) is 89.2 Å². The monoisotopic (exact) mass is 435 g/mol. The molecular weight excluding hydrogens is 390 g/mol. The van der Waals surface area contributed by atoms with Gasteiger partial charge in [-0.05, 0) is 32.9 Å². The van der Waals surface area contributed by atoms with Gasteiger partial charge in [0.1, 0.15) is 6.61 Å². The highest BCUT2D eigenvalue weighted by Crippen LogP contribution is 2.07. The van der Waals surface area contributed by atoms with Gasteiger partial charge in [0.25, 0.3) is 0 Å². The van der Waals surface area contributed by atoms with Crippen molar-refractivity contribution in [3.63, 3.8) is 0 Å². The Morgan fingerprint density at radius 3 is 1.80 bits per heavy atom. The van der Waals surface area contributed by atoms with E-state index in [9.17, 15) is 14.4 Å². The second-order valence-electron chi connectivity index (χ2n) is 5.46. The molecule has 1 saturated heterocycles. The van der Waals surface area contributed by atoms with Crippen molar-refractivity contribution in [1.82, 2.24) is 4.90 Å². The number of rotatable bonds is 5. The molecule has 0 aliphatic carbocycles. The van der Waals surface area contributed by atoms with Gasteiger partial charge in [-0.2, -0.15) is 0 Å². The molecule has 0 N–H and O–H groups in total. The number of piperidine rings is 1. The molecule has 0 unspecified atom stereocenters. The largest absolute Gasteiger partial charge is 0.519 e. The number of hydrogen-bond donors (Lipinski definition) is 0. The number of aryl methyl sites for hydroxylation is 1. The number of carbonyl (C=O) groups excluding carboxylic acids is 2. The molecule has 0 spiro atoms. The SMILES string of the molecule is C.C.CC.CC.CC(=O)OCCN1CCCCC1.CC(=O)OCc1oc(=O)oc1C. The van der Waals surface area contributed by atoms with Crippen LogP contribution in [0.1, 0.15) is 87.2 Å². The first-order valence-corrected chi connectivity index (χ1v) is 9.97. The molecule has 180 valence electrons. The van der Waals surface area contributed by atoms with Gasteiger partial charge in [0.2, 0.25) is 0 Å². The third-order valence-electron chi connectivity index (χ3n) is 3.40. The highest BCUT2D eigenvalue weighted by molar-refractivity contribution is 5.66. The van der Waals surface area contributed by atoms with Gasteiger partial charge >= 0.3 is 17.8 Å². The molecule has 1 aromatic heterocycles. The van der Waals surface area contributed by atoms with E-state index in [4.69, 9.17) is 4.74 Å². The smallest absolute Gasteiger partial charge is 0.465 e. The maximum atomic E-state index is 10.5. The predicted octanol–water partition coefficient (Wildman–Crippen LogP) is 4.96. The van der Waals surface area contributed by atoms with Gasteiger partial charge in [0, 0.05) is 20.4 Å². The minimum atomic E-state index is -0.783. The molecule has 0 amide bonds. The molecule has 0 saturated carbocycles. The van der Waals surface area contributed by atoms with Crippen molar-refractivity contribution in [3.8, 4) is 0 Å². The molecule has 8 heteroatoms. The van der Waals surface area contributed by atoms with Crippen molar-refractivity contribution >= 4 is 11.9 Å². The van der Waals surface area contributed by atoms with E-state index in [0.717, 1.165) is 6.54 Å². The fourth-order valence-corrected chi connectivity index (χ4v) is 2.17. The maximum absolute atomic E-state index is 10.5. The topological polar surface area (TPSA) is 99.2 Å². The number of likely N-dealkylation sites (tertiary alicyclic amines) is 1. The summed E-state index contributed by atoms with van der Waals surface area (Å²) in [5.74, 6) is -0.809. The van der Waals surface area contributed by atoms with Crippen molar-refractivity contribution in [1.29, 1.82) is 0 Å². The van der Waals surface area contributed by atoms with E-state index in [1.54, 1.807) is 6.92 Å². The highest BCUT2D eigenvalue weighted by atomic mass is 16.6. The molecule has 0 radical (unpaired) electrons. The summed E-state index contributed by atoms with van der Waals surface area (Å²) < 4.78 is 18.6. The van der Waals surface area contributed by atoms with Crippen LogP contribution in [0.5, 0.6) is 0 Å². The Labute approximate surface area is 182 Å². The minimum Gasteiger partial charge on any atom is -0.465 e. The van der Waals surface area contributed by atoms with Crippen LogP contribution in [-0.4, -0.2) is 43.1 Å². The molecule has 1 aliphatic rings. The maximum Gasteiger partial charge on any atom is 0.519 e. The van der Waals surface area contributed by atoms with E-state index in [2.05, 4.69) is 18.5 Å². The number of hydrogen-bond acceptors (Lipinski definition) is 8. The molecule has 1 fully saturated rings. The Bertz CT molecular complexity index is 572. The van der Waals surface area contributed by atoms with Gasteiger partial charge in [0.05, 0.1) is 0 Å². The summed E-state index contributed by atoms with van der Waals surface area (Å²) in [4.78, 5) is 33.6. The van der Waals surface area contributed by atoms with E-state index >= 15 is 0 Å². The van der Waals surface area contributed by atoms with Gasteiger partial charge in [-0.3, -0.25) is 14.5 Å². The lowest BCUT2D eigenvalue weighted by molar-refractivity contribution is -0.143. The first-order valence-electron chi connectivity index (χ1n) is 9.97. The number of carbonyl (C=O) groups is 2. The van der Waals surface area contributed by atoms with Gasteiger partial charge < -0.3 is 18.3 Å².